The summed E-state index contributed by atoms with van der Waals surface area (Å²) in [5, 5.41) is 5.37. The average Bonchev–Trinajstić information content (AvgIpc) is 3.30. The Labute approximate surface area is 221 Å². The van der Waals surface area contributed by atoms with Gasteiger partial charge in [-0.2, -0.15) is 0 Å². The van der Waals surface area contributed by atoms with Gasteiger partial charge in [-0.05, 0) is 69.7 Å². The van der Waals surface area contributed by atoms with Gasteiger partial charge in [-0.25, -0.2) is 0 Å². The third kappa shape index (κ3) is 8.22. The molecular weight excluding hydrogens is 472 g/mol. The highest BCUT2D eigenvalue weighted by molar-refractivity contribution is 6.30. The van der Waals surface area contributed by atoms with E-state index in [0.29, 0.717) is 0 Å². The fourth-order valence-electron chi connectivity index (χ4n) is 4.66. The van der Waals surface area contributed by atoms with Crippen LogP contribution in [-0.2, 0) is 0 Å². The molecule has 196 valence electrons. The quantitative estimate of drug-likeness (QED) is 0.304. The second-order valence-corrected chi connectivity index (χ2v) is 10.4. The van der Waals surface area contributed by atoms with Crippen LogP contribution in [0.5, 0.6) is 5.75 Å². The molecule has 1 aliphatic rings. The normalized spacial score (nSPS) is 15.2. The molecule has 0 saturated carbocycles. The number of unbranched alkanes of at least 4 members (excludes halogenated alkanes) is 2. The molecule has 0 aliphatic carbocycles. The summed E-state index contributed by atoms with van der Waals surface area (Å²) in [7, 11) is 4.24. The van der Waals surface area contributed by atoms with Gasteiger partial charge in [0.1, 0.15) is 11.3 Å². The Morgan fingerprint density at radius 1 is 0.917 bits per heavy atom. The van der Waals surface area contributed by atoms with Crippen LogP contribution in [0.3, 0.4) is 0 Å². The molecule has 0 unspecified atom stereocenters. The van der Waals surface area contributed by atoms with E-state index in [2.05, 4.69) is 40.2 Å². The molecule has 0 radical (unpaired) electrons. The number of ether oxygens (including phenoxy) is 1. The van der Waals surface area contributed by atoms with E-state index >= 15 is 0 Å². The molecule has 1 saturated heterocycles. The van der Waals surface area contributed by atoms with Crippen LogP contribution in [0.25, 0.3) is 22.1 Å². The molecule has 0 spiro atoms. The Morgan fingerprint density at radius 2 is 1.67 bits per heavy atom. The first-order valence-electron chi connectivity index (χ1n) is 13.3. The summed E-state index contributed by atoms with van der Waals surface area (Å²) < 4.78 is 11.8. The van der Waals surface area contributed by atoms with Gasteiger partial charge in [0.15, 0.2) is 0 Å². The highest BCUT2D eigenvalue weighted by Crippen LogP contribution is 2.33. The van der Waals surface area contributed by atoms with Crippen LogP contribution in [0.1, 0.15) is 19.3 Å². The average molecular weight is 513 g/mol. The maximum atomic E-state index is 6.02. The van der Waals surface area contributed by atoms with Crippen molar-refractivity contribution in [2.45, 2.75) is 19.3 Å². The molecular formula is C29H41ClN4O2. The zero-order valence-electron chi connectivity index (χ0n) is 21.8. The van der Waals surface area contributed by atoms with E-state index in [-0.39, 0.29) is 0 Å². The van der Waals surface area contributed by atoms with E-state index < -0.39 is 0 Å². The van der Waals surface area contributed by atoms with Crippen molar-refractivity contribution in [1.82, 2.24) is 20.0 Å². The van der Waals surface area contributed by atoms with Gasteiger partial charge in [-0.1, -0.05) is 23.7 Å². The van der Waals surface area contributed by atoms with Gasteiger partial charge in [-0.15, -0.1) is 0 Å². The number of fused-ring (bicyclic) bond motifs is 1. The lowest BCUT2D eigenvalue weighted by molar-refractivity contribution is 0.130. The number of likely N-dealkylation sites (N-methyl/N-ethyl adjacent to an activating group) is 1. The SMILES string of the molecule is CN(C)CCNCCN1CCN(CCCCCOc2ccc3c(-c4ccc(Cl)cc4)coc3c2)CC1. The molecule has 0 atom stereocenters. The number of piperazine rings is 1. The van der Waals surface area contributed by atoms with Crippen LogP contribution in [0.4, 0.5) is 0 Å². The maximum absolute atomic E-state index is 6.02. The van der Waals surface area contributed by atoms with Gasteiger partial charge in [0.2, 0.25) is 0 Å². The standard InChI is InChI=1S/C29H41ClN4O2/c1-32(2)15-12-31-13-16-34-19-17-33(18-20-34)14-4-3-5-21-35-26-10-11-27-28(23-36-29(27)22-26)24-6-8-25(30)9-7-24/h6-11,22-23,31H,3-5,12-21H2,1-2H3. The molecule has 1 aromatic heterocycles. The number of hydrogen-bond donors (Lipinski definition) is 1. The van der Waals surface area contributed by atoms with Gasteiger partial charge in [0, 0.05) is 74.4 Å². The van der Waals surface area contributed by atoms with E-state index in [9.17, 15) is 0 Å². The lowest BCUT2D eigenvalue weighted by Crippen LogP contribution is -2.48. The van der Waals surface area contributed by atoms with E-state index in [1.165, 1.54) is 45.6 Å². The monoisotopic (exact) mass is 512 g/mol. The zero-order valence-corrected chi connectivity index (χ0v) is 22.6. The molecule has 6 nitrogen and oxygen atoms in total. The van der Waals surface area contributed by atoms with Crippen molar-refractivity contribution < 1.29 is 9.15 Å². The number of benzene rings is 2. The molecule has 3 aromatic rings. The molecule has 0 amide bonds. The third-order valence-electron chi connectivity index (χ3n) is 6.90. The summed E-state index contributed by atoms with van der Waals surface area (Å²) in [5.41, 5.74) is 3.02. The lowest BCUT2D eigenvalue weighted by Gasteiger charge is -2.34. The largest absolute Gasteiger partial charge is 0.493 e. The fraction of sp³-hybridized carbons (Fsp3) is 0.517. The second kappa shape index (κ2) is 14.0. The molecule has 1 fully saturated rings. The van der Waals surface area contributed by atoms with Gasteiger partial charge in [0.25, 0.3) is 0 Å². The Kier molecular flexibility index (Phi) is 10.5. The number of nitrogens with zero attached hydrogens (tertiary/aromatic N) is 3. The number of halogens is 1. The molecule has 1 aliphatic heterocycles. The molecule has 7 heteroatoms. The predicted molar refractivity (Wildman–Crippen MR) is 150 cm³/mol. The van der Waals surface area contributed by atoms with Crippen molar-refractivity contribution in [3.63, 3.8) is 0 Å². The Hall–Kier alpha value is -2.09. The smallest absolute Gasteiger partial charge is 0.138 e. The molecule has 2 aromatic carbocycles. The van der Waals surface area contributed by atoms with Crippen LogP contribution in [0.15, 0.2) is 53.1 Å². The molecule has 4 rings (SSSR count). The van der Waals surface area contributed by atoms with Gasteiger partial charge in [0.05, 0.1) is 12.9 Å². The minimum atomic E-state index is 0.736. The van der Waals surface area contributed by atoms with Crippen molar-refractivity contribution in [3.8, 4) is 16.9 Å². The van der Waals surface area contributed by atoms with Crippen molar-refractivity contribution in [3.05, 3.63) is 53.8 Å². The lowest BCUT2D eigenvalue weighted by atomic mass is 10.0. The van der Waals surface area contributed by atoms with Crippen molar-refractivity contribution in [2.24, 2.45) is 0 Å². The Morgan fingerprint density at radius 3 is 2.42 bits per heavy atom. The number of nitrogens with one attached hydrogen (secondary N) is 1. The minimum absolute atomic E-state index is 0.736. The third-order valence-corrected chi connectivity index (χ3v) is 7.15. The van der Waals surface area contributed by atoms with E-state index in [4.69, 9.17) is 20.8 Å². The summed E-state index contributed by atoms with van der Waals surface area (Å²) in [5.74, 6) is 0.867. The summed E-state index contributed by atoms with van der Waals surface area (Å²) >= 11 is 6.02. The Bertz CT molecular complexity index is 1050. The molecule has 1 N–H and O–H groups in total. The van der Waals surface area contributed by atoms with Crippen molar-refractivity contribution >= 4 is 22.6 Å². The zero-order chi connectivity index (χ0) is 25.2. The summed E-state index contributed by atoms with van der Waals surface area (Å²) in [6, 6.07) is 13.9. The number of rotatable bonds is 14. The van der Waals surface area contributed by atoms with Crippen LogP contribution in [0.2, 0.25) is 5.02 Å². The highest BCUT2D eigenvalue weighted by Gasteiger charge is 2.15. The molecule has 0 bridgehead atoms. The summed E-state index contributed by atoms with van der Waals surface area (Å²) in [6.45, 7) is 11.1. The first kappa shape index (κ1) is 27.0. The molecule has 36 heavy (non-hydrogen) atoms. The number of furan rings is 1. The van der Waals surface area contributed by atoms with Gasteiger partial charge >= 0.3 is 0 Å². The summed E-state index contributed by atoms with van der Waals surface area (Å²) in [6.07, 6.45) is 5.31. The maximum Gasteiger partial charge on any atom is 0.138 e. The van der Waals surface area contributed by atoms with Crippen LogP contribution < -0.4 is 10.1 Å². The van der Waals surface area contributed by atoms with E-state index in [0.717, 1.165) is 72.1 Å². The highest BCUT2D eigenvalue weighted by atomic mass is 35.5. The van der Waals surface area contributed by atoms with E-state index in [1.807, 2.05) is 36.4 Å². The minimum Gasteiger partial charge on any atom is -0.493 e. The van der Waals surface area contributed by atoms with Gasteiger partial charge in [-0.3, -0.25) is 4.90 Å². The van der Waals surface area contributed by atoms with Crippen LogP contribution in [-0.4, -0.2) is 94.3 Å². The Balaban J connectivity index is 1.08. The van der Waals surface area contributed by atoms with Crippen molar-refractivity contribution in [2.75, 3.05) is 79.6 Å². The predicted octanol–water partition coefficient (Wildman–Crippen LogP) is 5.07. The fourth-order valence-corrected chi connectivity index (χ4v) is 4.78. The van der Waals surface area contributed by atoms with E-state index in [1.54, 1.807) is 6.26 Å². The first-order valence-corrected chi connectivity index (χ1v) is 13.7. The van der Waals surface area contributed by atoms with Crippen LogP contribution in [0, 0.1) is 0 Å². The first-order chi connectivity index (χ1) is 17.6. The second-order valence-electron chi connectivity index (χ2n) is 9.96. The van der Waals surface area contributed by atoms with Crippen molar-refractivity contribution in [1.29, 1.82) is 0 Å². The topological polar surface area (TPSA) is 44.1 Å². The number of hydrogen-bond acceptors (Lipinski definition) is 6. The van der Waals surface area contributed by atoms with Gasteiger partial charge < -0.3 is 24.3 Å². The summed E-state index contributed by atoms with van der Waals surface area (Å²) in [4.78, 5) is 7.41. The molecule has 2 heterocycles. The van der Waals surface area contributed by atoms with Crippen LogP contribution >= 0.6 is 11.6 Å².